The van der Waals surface area contributed by atoms with Crippen molar-refractivity contribution < 1.29 is 50.1 Å². The van der Waals surface area contributed by atoms with Gasteiger partial charge in [0.2, 0.25) is 0 Å². The van der Waals surface area contributed by atoms with Crippen LogP contribution in [0.15, 0.2) is 64.6 Å². The van der Waals surface area contributed by atoms with E-state index in [4.69, 9.17) is 9.47 Å². The Kier molecular flexibility index (Phi) is 8.74. The van der Waals surface area contributed by atoms with Crippen LogP contribution in [0.25, 0.3) is 11.1 Å². The average Bonchev–Trinajstić information content (AvgIpc) is 3.05. The normalized spacial score (nSPS) is 35.2. The van der Waals surface area contributed by atoms with Crippen LogP contribution in [-0.2, 0) is 19.3 Å². The summed E-state index contributed by atoms with van der Waals surface area (Å²) in [5.41, 5.74) is 1.65. The van der Waals surface area contributed by atoms with Gasteiger partial charge in [-0.25, -0.2) is 8.42 Å². The Morgan fingerprint density at radius 1 is 0.843 bits per heavy atom. The number of fused-ring (bicyclic) bond motifs is 4. The van der Waals surface area contributed by atoms with E-state index in [2.05, 4.69) is 13.8 Å². The molecule has 1 saturated heterocycles. The molecule has 7 atom stereocenters. The summed E-state index contributed by atoms with van der Waals surface area (Å²) in [6.07, 6.45) is -4.60. The third-order valence-electron chi connectivity index (χ3n) is 12.9. The fourth-order valence-electron chi connectivity index (χ4n) is 10.2. The molecule has 280 valence electrons. The Morgan fingerprint density at radius 2 is 1.43 bits per heavy atom. The minimum atomic E-state index is -5.78. The van der Waals surface area contributed by atoms with Gasteiger partial charge in [0, 0.05) is 30.4 Å². The number of benzene rings is 2. The van der Waals surface area contributed by atoms with Crippen LogP contribution in [0.4, 0.5) is 22.0 Å². The van der Waals surface area contributed by atoms with Crippen molar-refractivity contribution in [3.8, 4) is 11.1 Å². The van der Waals surface area contributed by atoms with E-state index in [0.717, 1.165) is 34.1 Å². The molecular weight excluding hydrogens is 691 g/mol. The van der Waals surface area contributed by atoms with Gasteiger partial charge in [0.15, 0.2) is 15.6 Å². The summed E-state index contributed by atoms with van der Waals surface area (Å²) in [7, 11) is -3.38. The number of ether oxygens (including phenoxy) is 2. The molecule has 4 aliphatic carbocycles. The molecule has 3 saturated carbocycles. The third kappa shape index (κ3) is 6.18. The van der Waals surface area contributed by atoms with Gasteiger partial charge in [0.25, 0.3) is 0 Å². The lowest BCUT2D eigenvalue weighted by Crippen LogP contribution is -2.62. The van der Waals surface area contributed by atoms with E-state index in [1.807, 2.05) is 24.3 Å². The summed E-state index contributed by atoms with van der Waals surface area (Å²) in [6, 6.07) is 14.1. The summed E-state index contributed by atoms with van der Waals surface area (Å²) in [5, 5.41) is 24.1. The van der Waals surface area contributed by atoms with Crippen molar-refractivity contribution in [2.45, 2.75) is 113 Å². The Labute approximate surface area is 296 Å². The van der Waals surface area contributed by atoms with E-state index in [-0.39, 0.29) is 41.4 Å². The van der Waals surface area contributed by atoms with E-state index in [1.54, 1.807) is 19.1 Å². The number of aliphatic hydroxyl groups excluding tert-OH is 1. The minimum Gasteiger partial charge on any atom is -0.392 e. The number of allylic oxidation sites excluding steroid dienone is 1. The smallest absolute Gasteiger partial charge is 0.392 e. The summed E-state index contributed by atoms with van der Waals surface area (Å²) < 4.78 is 108. The van der Waals surface area contributed by atoms with Crippen LogP contribution in [0.2, 0.25) is 0 Å². The lowest BCUT2D eigenvalue weighted by molar-refractivity contribution is -0.327. The average molecular weight is 739 g/mol. The van der Waals surface area contributed by atoms with Gasteiger partial charge >= 0.3 is 12.1 Å². The molecule has 51 heavy (non-hydrogen) atoms. The SMILES string of the molecule is CC1(C)COC2(CCC3=C4C(CC[C@@]3(O)C2)C2CC[C@@H](C(F)(F)C(F)(F)F)C(O)[C@@]2(C)C[C@@H]4c2ccc(-c3ccc(S(C)(=O)=O)cc3)cc2)OC1. The predicted octanol–water partition coefficient (Wildman–Crippen LogP) is 8.23. The summed E-state index contributed by atoms with van der Waals surface area (Å²) in [5.74, 6) is -9.24. The van der Waals surface area contributed by atoms with Crippen molar-refractivity contribution in [2.75, 3.05) is 19.5 Å². The zero-order chi connectivity index (χ0) is 37.0. The molecule has 3 unspecified atom stereocenters. The molecule has 2 N–H and O–H groups in total. The minimum absolute atomic E-state index is 0.115. The Bertz CT molecular complexity index is 1790. The van der Waals surface area contributed by atoms with Crippen LogP contribution in [0.5, 0.6) is 0 Å². The van der Waals surface area contributed by atoms with Gasteiger partial charge in [-0.1, -0.05) is 62.7 Å². The molecule has 0 bridgehead atoms. The monoisotopic (exact) mass is 738 g/mol. The molecule has 0 amide bonds. The van der Waals surface area contributed by atoms with Crippen LogP contribution in [0.3, 0.4) is 0 Å². The van der Waals surface area contributed by atoms with Crippen molar-refractivity contribution >= 4 is 9.84 Å². The largest absolute Gasteiger partial charge is 0.453 e. The zero-order valence-corrected chi connectivity index (χ0v) is 30.2. The highest BCUT2D eigenvalue weighted by Crippen LogP contribution is 2.66. The number of sulfone groups is 1. The van der Waals surface area contributed by atoms with Crippen molar-refractivity contribution in [1.29, 1.82) is 0 Å². The highest BCUT2D eigenvalue weighted by molar-refractivity contribution is 7.90. The second kappa shape index (κ2) is 12.1. The Balaban J connectivity index is 1.29. The van der Waals surface area contributed by atoms with E-state index in [1.165, 1.54) is 12.1 Å². The molecule has 6 nitrogen and oxygen atoms in total. The molecule has 2 aromatic rings. The second-order valence-electron chi connectivity index (χ2n) is 17.0. The summed E-state index contributed by atoms with van der Waals surface area (Å²) in [4.78, 5) is 0.194. The van der Waals surface area contributed by atoms with Crippen molar-refractivity contribution in [3.63, 3.8) is 0 Å². The molecular formula is C39H47F5O6S. The molecule has 7 rings (SSSR count). The standard InChI is InChI=1S/C39H47F5O6S/c1-34(2)21-49-37(50-22-34)18-16-30-32-27(15-17-36(30,46)20-37)29-13-14-31(38(40,41)39(42,43)44)33(45)35(29,3)19-28(32)25-7-5-23(6-8-25)24-9-11-26(12-10-24)51(4,47)48/h5-12,27-29,31,33,45-46H,13-22H2,1-4H3/t27?,28-,29?,31-,33?,35+,36-/m1/s1. The molecule has 5 aliphatic rings. The van der Waals surface area contributed by atoms with Gasteiger partial charge in [-0.2, -0.15) is 22.0 Å². The van der Waals surface area contributed by atoms with E-state index < -0.39 is 63.1 Å². The molecule has 0 aromatic heterocycles. The summed E-state index contributed by atoms with van der Waals surface area (Å²) >= 11 is 0. The van der Waals surface area contributed by atoms with Crippen LogP contribution in [0, 0.1) is 28.6 Å². The predicted molar refractivity (Wildman–Crippen MR) is 181 cm³/mol. The maximum absolute atomic E-state index is 15.0. The molecule has 1 aliphatic heterocycles. The van der Waals surface area contributed by atoms with Crippen LogP contribution >= 0.6 is 0 Å². The van der Waals surface area contributed by atoms with Crippen molar-refractivity contribution in [1.82, 2.24) is 0 Å². The molecule has 1 spiro atoms. The number of rotatable bonds is 4. The first-order valence-electron chi connectivity index (χ1n) is 17.9. The molecule has 4 fully saturated rings. The van der Waals surface area contributed by atoms with Gasteiger partial charge in [0.1, 0.15) is 0 Å². The van der Waals surface area contributed by atoms with E-state index in [0.29, 0.717) is 38.9 Å². The third-order valence-corrected chi connectivity index (χ3v) is 14.0. The van der Waals surface area contributed by atoms with Gasteiger partial charge in [-0.3, -0.25) is 0 Å². The van der Waals surface area contributed by atoms with Crippen LogP contribution < -0.4 is 0 Å². The zero-order valence-electron chi connectivity index (χ0n) is 29.4. The fourth-order valence-corrected chi connectivity index (χ4v) is 10.8. The second-order valence-corrected chi connectivity index (χ2v) is 19.0. The topological polar surface area (TPSA) is 93.1 Å². The van der Waals surface area contributed by atoms with Gasteiger partial charge in [-0.05, 0) is 90.2 Å². The molecule has 2 aromatic carbocycles. The maximum atomic E-state index is 15.0. The summed E-state index contributed by atoms with van der Waals surface area (Å²) in [6.45, 7) is 6.78. The number of halogens is 5. The quantitative estimate of drug-likeness (QED) is 0.243. The highest BCUT2D eigenvalue weighted by Gasteiger charge is 2.69. The molecule has 0 radical (unpaired) electrons. The number of alkyl halides is 5. The molecule has 1 heterocycles. The maximum Gasteiger partial charge on any atom is 0.453 e. The number of hydrogen-bond donors (Lipinski definition) is 2. The lowest BCUT2D eigenvalue weighted by Gasteiger charge is -2.61. The lowest BCUT2D eigenvalue weighted by atomic mass is 9.45. The first-order chi connectivity index (χ1) is 23.6. The van der Waals surface area contributed by atoms with Gasteiger partial charge in [0.05, 0.1) is 35.7 Å². The first-order valence-corrected chi connectivity index (χ1v) is 19.8. The van der Waals surface area contributed by atoms with E-state index in [9.17, 15) is 40.6 Å². The van der Waals surface area contributed by atoms with Gasteiger partial charge in [-0.15, -0.1) is 0 Å². The van der Waals surface area contributed by atoms with Crippen molar-refractivity contribution in [3.05, 3.63) is 65.2 Å². The Hall–Kier alpha value is -2.38. The van der Waals surface area contributed by atoms with Crippen LogP contribution in [-0.4, -0.2) is 67.7 Å². The first kappa shape index (κ1) is 37.0. The fraction of sp³-hybridized carbons (Fsp3) is 0.641. The number of aliphatic hydroxyl groups is 2. The Morgan fingerprint density at radius 3 is 2.00 bits per heavy atom. The van der Waals surface area contributed by atoms with Crippen molar-refractivity contribution in [2.24, 2.45) is 28.6 Å². The van der Waals surface area contributed by atoms with Gasteiger partial charge < -0.3 is 19.7 Å². The number of hydrogen-bond acceptors (Lipinski definition) is 6. The highest BCUT2D eigenvalue weighted by atomic mass is 32.2. The van der Waals surface area contributed by atoms with E-state index >= 15 is 0 Å². The molecule has 12 heteroatoms. The van der Waals surface area contributed by atoms with Crippen LogP contribution in [0.1, 0.15) is 83.6 Å².